The van der Waals surface area contributed by atoms with Crippen LogP contribution in [0.1, 0.15) is 56.4 Å². The van der Waals surface area contributed by atoms with E-state index in [0.29, 0.717) is 5.92 Å². The number of hydrogen-bond donors (Lipinski definition) is 1. The first kappa shape index (κ1) is 19.7. The Morgan fingerprint density at radius 1 is 1.14 bits per heavy atom. The SMILES string of the molecule is CN1CNCCC12CCCN(C(=O)OOC1CCC(c3ccccc3)CC1)C2. The monoisotopic (exact) mass is 387 g/mol. The highest BCUT2D eigenvalue weighted by Crippen LogP contribution is 2.34. The fraction of sp³-hybridized carbons (Fsp3) is 0.682. The normalized spacial score (nSPS) is 31.7. The van der Waals surface area contributed by atoms with Crippen molar-refractivity contribution < 1.29 is 14.6 Å². The average molecular weight is 388 g/mol. The van der Waals surface area contributed by atoms with Gasteiger partial charge in [-0.1, -0.05) is 30.3 Å². The molecule has 2 aliphatic heterocycles. The minimum atomic E-state index is -0.323. The van der Waals surface area contributed by atoms with Crippen molar-refractivity contribution >= 4 is 6.09 Å². The summed E-state index contributed by atoms with van der Waals surface area (Å²) in [5.41, 5.74) is 1.48. The van der Waals surface area contributed by atoms with Crippen LogP contribution >= 0.6 is 0 Å². The summed E-state index contributed by atoms with van der Waals surface area (Å²) in [7, 11) is 2.14. The molecule has 0 aromatic heterocycles. The van der Waals surface area contributed by atoms with Crippen molar-refractivity contribution in [1.82, 2.24) is 15.1 Å². The number of carbonyl (C=O) groups excluding carboxylic acids is 1. The lowest BCUT2D eigenvalue weighted by molar-refractivity contribution is -0.285. The van der Waals surface area contributed by atoms with Gasteiger partial charge >= 0.3 is 6.09 Å². The quantitative estimate of drug-likeness (QED) is 0.635. The Hall–Kier alpha value is -1.63. The van der Waals surface area contributed by atoms with Gasteiger partial charge < -0.3 is 10.2 Å². The second-order valence-corrected chi connectivity index (χ2v) is 8.69. The summed E-state index contributed by atoms with van der Waals surface area (Å²) in [5.74, 6) is 0.592. The standard InChI is InChI=1S/C22H33N3O3/c1-24-17-23-14-13-22(24)12-5-15-25(16-22)21(26)28-27-20-10-8-19(9-11-20)18-6-3-2-4-7-18/h2-4,6-7,19-20,23H,5,8-17H2,1H3. The van der Waals surface area contributed by atoms with E-state index in [-0.39, 0.29) is 17.7 Å². The summed E-state index contributed by atoms with van der Waals surface area (Å²) >= 11 is 0. The molecule has 2 heterocycles. The molecule has 0 radical (unpaired) electrons. The Labute approximate surface area is 168 Å². The number of hydrogen-bond acceptors (Lipinski definition) is 5. The second-order valence-electron chi connectivity index (χ2n) is 8.69. The van der Waals surface area contributed by atoms with Crippen molar-refractivity contribution in [2.24, 2.45) is 0 Å². The zero-order valence-corrected chi connectivity index (χ0v) is 16.9. The molecule has 1 spiro atoms. The van der Waals surface area contributed by atoms with E-state index in [1.165, 1.54) is 5.56 Å². The molecule has 1 amide bonds. The molecule has 3 fully saturated rings. The predicted molar refractivity (Wildman–Crippen MR) is 108 cm³/mol. The highest BCUT2D eigenvalue weighted by atomic mass is 17.2. The summed E-state index contributed by atoms with van der Waals surface area (Å²) < 4.78 is 0. The molecule has 1 aromatic rings. The maximum absolute atomic E-state index is 12.6. The minimum Gasteiger partial charge on any atom is -0.304 e. The van der Waals surface area contributed by atoms with Crippen LogP contribution in [0.25, 0.3) is 0 Å². The maximum Gasteiger partial charge on any atom is 0.441 e. The number of likely N-dealkylation sites (tertiary alicyclic amines) is 1. The third-order valence-corrected chi connectivity index (χ3v) is 6.94. The van der Waals surface area contributed by atoms with Crippen LogP contribution in [-0.2, 0) is 9.78 Å². The van der Waals surface area contributed by atoms with Crippen LogP contribution in [0.4, 0.5) is 4.79 Å². The van der Waals surface area contributed by atoms with Crippen LogP contribution in [0.2, 0.25) is 0 Å². The van der Waals surface area contributed by atoms with E-state index in [2.05, 4.69) is 47.6 Å². The molecule has 1 saturated carbocycles. The molecule has 28 heavy (non-hydrogen) atoms. The number of carbonyl (C=O) groups is 1. The van der Waals surface area contributed by atoms with Crippen molar-refractivity contribution in [1.29, 1.82) is 0 Å². The number of amides is 1. The van der Waals surface area contributed by atoms with Gasteiger partial charge in [-0.15, -0.1) is 0 Å². The van der Waals surface area contributed by atoms with E-state index in [0.717, 1.165) is 71.2 Å². The van der Waals surface area contributed by atoms with E-state index in [1.807, 2.05) is 4.90 Å². The molecule has 2 saturated heterocycles. The molecule has 154 valence electrons. The molecular formula is C22H33N3O3. The van der Waals surface area contributed by atoms with Crippen LogP contribution in [-0.4, -0.2) is 60.9 Å². The topological polar surface area (TPSA) is 54.0 Å². The molecule has 0 bridgehead atoms. The van der Waals surface area contributed by atoms with Crippen molar-refractivity contribution in [3.05, 3.63) is 35.9 Å². The Bertz CT molecular complexity index is 644. The summed E-state index contributed by atoms with van der Waals surface area (Å²) in [6, 6.07) is 10.7. The third kappa shape index (κ3) is 4.34. The van der Waals surface area contributed by atoms with Crippen molar-refractivity contribution in [2.45, 2.75) is 62.5 Å². The van der Waals surface area contributed by atoms with E-state index in [9.17, 15) is 4.79 Å². The molecule has 6 heteroatoms. The predicted octanol–water partition coefficient (Wildman–Crippen LogP) is 3.50. The fourth-order valence-corrected chi connectivity index (χ4v) is 5.09. The summed E-state index contributed by atoms with van der Waals surface area (Å²) in [6.45, 7) is 3.37. The third-order valence-electron chi connectivity index (χ3n) is 6.94. The van der Waals surface area contributed by atoms with Gasteiger partial charge in [0.2, 0.25) is 0 Å². The Morgan fingerprint density at radius 3 is 2.68 bits per heavy atom. The van der Waals surface area contributed by atoms with Crippen molar-refractivity contribution in [2.75, 3.05) is 33.4 Å². The summed E-state index contributed by atoms with van der Waals surface area (Å²) in [6.07, 6.45) is 6.95. The van der Waals surface area contributed by atoms with E-state index in [1.54, 1.807) is 0 Å². The summed E-state index contributed by atoms with van der Waals surface area (Å²) in [5, 5.41) is 3.40. The van der Waals surface area contributed by atoms with Crippen LogP contribution in [0.15, 0.2) is 30.3 Å². The van der Waals surface area contributed by atoms with Gasteiger partial charge in [0.25, 0.3) is 0 Å². The average Bonchev–Trinajstić information content (AvgIpc) is 2.75. The maximum atomic E-state index is 12.6. The van der Waals surface area contributed by atoms with Gasteiger partial charge in [0.15, 0.2) is 0 Å². The molecule has 3 aliphatic rings. The lowest BCUT2D eigenvalue weighted by Gasteiger charge is -2.50. The van der Waals surface area contributed by atoms with E-state index in [4.69, 9.17) is 9.78 Å². The van der Waals surface area contributed by atoms with Crippen molar-refractivity contribution in [3.63, 3.8) is 0 Å². The molecule has 1 aliphatic carbocycles. The number of nitrogens with zero attached hydrogens (tertiary/aromatic N) is 2. The first-order valence-electron chi connectivity index (χ1n) is 10.8. The van der Waals surface area contributed by atoms with Crippen LogP contribution in [0.3, 0.4) is 0 Å². The number of nitrogens with one attached hydrogen (secondary N) is 1. The van der Waals surface area contributed by atoms with Crippen LogP contribution in [0.5, 0.6) is 0 Å². The number of likely N-dealkylation sites (N-methyl/N-ethyl adjacent to an activating group) is 1. The Kier molecular flexibility index (Phi) is 6.19. The number of piperidine rings is 1. The largest absolute Gasteiger partial charge is 0.441 e. The van der Waals surface area contributed by atoms with Gasteiger partial charge in [-0.25, -0.2) is 4.79 Å². The van der Waals surface area contributed by atoms with Crippen LogP contribution in [0, 0.1) is 0 Å². The molecule has 1 atom stereocenters. The minimum absolute atomic E-state index is 0.0178. The zero-order chi connectivity index (χ0) is 19.4. The number of benzene rings is 1. The molecule has 4 rings (SSSR count). The van der Waals surface area contributed by atoms with Gasteiger partial charge in [0, 0.05) is 25.3 Å². The molecule has 1 unspecified atom stereocenters. The lowest BCUT2D eigenvalue weighted by atomic mass is 9.83. The molecular weight excluding hydrogens is 354 g/mol. The van der Waals surface area contributed by atoms with E-state index >= 15 is 0 Å². The molecule has 1 aromatic carbocycles. The van der Waals surface area contributed by atoms with Crippen LogP contribution < -0.4 is 5.32 Å². The first-order chi connectivity index (χ1) is 13.7. The van der Waals surface area contributed by atoms with Gasteiger partial charge in [0.1, 0.15) is 6.10 Å². The summed E-state index contributed by atoms with van der Waals surface area (Å²) in [4.78, 5) is 27.6. The van der Waals surface area contributed by atoms with Gasteiger partial charge in [0.05, 0.1) is 0 Å². The van der Waals surface area contributed by atoms with Crippen molar-refractivity contribution in [3.8, 4) is 0 Å². The second kappa shape index (κ2) is 8.80. The number of rotatable bonds is 3. The molecule has 1 N–H and O–H groups in total. The lowest BCUT2D eigenvalue weighted by Crippen LogP contribution is -2.63. The zero-order valence-electron chi connectivity index (χ0n) is 16.9. The highest BCUT2D eigenvalue weighted by molar-refractivity contribution is 5.67. The first-order valence-corrected chi connectivity index (χ1v) is 10.8. The van der Waals surface area contributed by atoms with Gasteiger partial charge in [-0.05, 0) is 70.0 Å². The smallest absolute Gasteiger partial charge is 0.304 e. The fourth-order valence-electron chi connectivity index (χ4n) is 5.09. The van der Waals surface area contributed by atoms with Gasteiger partial charge in [-0.3, -0.25) is 9.79 Å². The molecule has 6 nitrogen and oxygen atoms in total. The Balaban J connectivity index is 1.23. The Morgan fingerprint density at radius 2 is 1.93 bits per heavy atom. The van der Waals surface area contributed by atoms with E-state index < -0.39 is 0 Å². The highest BCUT2D eigenvalue weighted by Gasteiger charge is 2.42. The van der Waals surface area contributed by atoms with Gasteiger partial charge in [-0.2, -0.15) is 4.89 Å².